The van der Waals surface area contributed by atoms with Crippen molar-refractivity contribution in [3.05, 3.63) is 50.7 Å². The average Bonchev–Trinajstić information content (AvgIpc) is 3.33. The number of halogens is 1. The number of amides is 2. The average molecular weight is 449 g/mol. The number of fused-ring (bicyclic) bond motifs is 1. The van der Waals surface area contributed by atoms with E-state index in [2.05, 4.69) is 36.7 Å². The number of hydrogen-bond donors (Lipinski definition) is 3. The van der Waals surface area contributed by atoms with Gasteiger partial charge in [-0.05, 0) is 35.4 Å². The molecule has 2 aromatic rings. The van der Waals surface area contributed by atoms with Crippen molar-refractivity contribution in [2.75, 3.05) is 38.7 Å². The molecule has 1 aromatic heterocycles. The number of rotatable bonds is 4. The van der Waals surface area contributed by atoms with Gasteiger partial charge in [-0.25, -0.2) is 0 Å². The van der Waals surface area contributed by atoms with Crippen molar-refractivity contribution in [3.63, 3.8) is 0 Å². The number of benzene rings is 1. The fourth-order valence-corrected chi connectivity index (χ4v) is 5.27. The first kappa shape index (κ1) is 21.3. The van der Waals surface area contributed by atoms with Gasteiger partial charge in [0, 0.05) is 31.1 Å². The molecule has 2 aliphatic heterocycles. The van der Waals surface area contributed by atoms with E-state index >= 15 is 0 Å². The molecular formula is C22H27ClN3O3S+. The van der Waals surface area contributed by atoms with Gasteiger partial charge in [-0.1, -0.05) is 24.6 Å². The summed E-state index contributed by atoms with van der Waals surface area (Å²) in [7, 11) is 2.22. The lowest BCUT2D eigenvalue weighted by Gasteiger charge is -2.27. The summed E-state index contributed by atoms with van der Waals surface area (Å²) in [4.78, 5) is 27.9. The highest BCUT2D eigenvalue weighted by Crippen LogP contribution is 2.27. The van der Waals surface area contributed by atoms with Gasteiger partial charge in [0.2, 0.25) is 0 Å². The first-order valence-electron chi connectivity index (χ1n) is 10.3. The number of hydrogen-bond acceptors (Lipinski definition) is 4. The van der Waals surface area contributed by atoms with Crippen LogP contribution in [0.3, 0.4) is 0 Å². The number of thiophene rings is 1. The maximum atomic E-state index is 13.2. The van der Waals surface area contributed by atoms with Gasteiger partial charge in [0.25, 0.3) is 11.8 Å². The summed E-state index contributed by atoms with van der Waals surface area (Å²) in [6, 6.07) is 9.49. The number of likely N-dealkylation sites (N-methyl/N-ethyl adjacent to an activating group) is 1. The Morgan fingerprint density at radius 3 is 2.83 bits per heavy atom. The minimum Gasteiger partial charge on any atom is -0.378 e. The summed E-state index contributed by atoms with van der Waals surface area (Å²) in [6.45, 7) is 5.02. The van der Waals surface area contributed by atoms with Crippen LogP contribution >= 0.6 is 22.9 Å². The summed E-state index contributed by atoms with van der Waals surface area (Å²) >= 11 is 7.14. The highest BCUT2D eigenvalue weighted by Gasteiger charge is 2.44. The van der Waals surface area contributed by atoms with E-state index in [1.807, 2.05) is 6.07 Å². The van der Waals surface area contributed by atoms with Crippen LogP contribution in [0, 0.1) is 0 Å². The summed E-state index contributed by atoms with van der Waals surface area (Å²) in [5.41, 5.74) is 2.31. The molecule has 2 amide bonds. The molecular weight excluding hydrogens is 422 g/mol. The van der Waals surface area contributed by atoms with Crippen molar-refractivity contribution in [2.45, 2.75) is 31.2 Å². The van der Waals surface area contributed by atoms with Gasteiger partial charge in [-0.2, -0.15) is 0 Å². The molecule has 3 N–H and O–H groups in total. The van der Waals surface area contributed by atoms with Gasteiger partial charge in [0.15, 0.2) is 0 Å². The summed E-state index contributed by atoms with van der Waals surface area (Å²) < 4.78 is 6.03. The van der Waals surface area contributed by atoms with Crippen molar-refractivity contribution < 1.29 is 19.2 Å². The van der Waals surface area contributed by atoms with Gasteiger partial charge < -0.3 is 20.3 Å². The van der Waals surface area contributed by atoms with E-state index in [0.717, 1.165) is 25.2 Å². The molecule has 0 radical (unpaired) electrons. The van der Waals surface area contributed by atoms with Crippen LogP contribution in [0.4, 0.5) is 5.69 Å². The van der Waals surface area contributed by atoms with Crippen LogP contribution in [-0.4, -0.2) is 50.7 Å². The molecule has 4 rings (SSSR count). The fraction of sp³-hybridized carbons (Fsp3) is 0.455. The van der Waals surface area contributed by atoms with E-state index in [0.29, 0.717) is 28.2 Å². The predicted molar refractivity (Wildman–Crippen MR) is 119 cm³/mol. The molecule has 0 aliphatic carbocycles. The van der Waals surface area contributed by atoms with Crippen molar-refractivity contribution in [1.82, 2.24) is 5.32 Å². The molecule has 8 heteroatoms. The summed E-state index contributed by atoms with van der Waals surface area (Å²) in [6.07, 6.45) is 1.42. The number of carbonyl (C=O) groups is 2. The van der Waals surface area contributed by atoms with E-state index in [9.17, 15) is 9.59 Å². The van der Waals surface area contributed by atoms with Gasteiger partial charge in [-0.15, -0.1) is 11.3 Å². The van der Waals surface area contributed by atoms with Crippen LogP contribution in [-0.2, 0) is 16.0 Å². The van der Waals surface area contributed by atoms with Crippen LogP contribution in [0.25, 0.3) is 0 Å². The van der Waals surface area contributed by atoms with Crippen LogP contribution in [0.2, 0.25) is 4.34 Å². The van der Waals surface area contributed by atoms with Gasteiger partial charge >= 0.3 is 0 Å². The maximum absolute atomic E-state index is 13.2. The summed E-state index contributed by atoms with van der Waals surface area (Å²) in [5, 5.41) is 5.92. The topological polar surface area (TPSA) is 71.9 Å². The van der Waals surface area contributed by atoms with E-state index in [1.165, 1.54) is 27.4 Å². The zero-order valence-corrected chi connectivity index (χ0v) is 18.8. The van der Waals surface area contributed by atoms with Crippen molar-refractivity contribution in [1.29, 1.82) is 0 Å². The van der Waals surface area contributed by atoms with E-state index < -0.39 is 5.54 Å². The quantitative estimate of drug-likeness (QED) is 0.670. The van der Waals surface area contributed by atoms with Crippen molar-refractivity contribution >= 4 is 40.4 Å². The standard InChI is InChI=1S/C22H26ClN3O3S/c1-14-12-26(2)9-7-15-11-16(3-4-17(14)15)24-21(28)22(8-10-29-13-22)25-20(27)18-5-6-19(23)30-18/h3-6,11,14H,7-10,12-13H2,1-2H3,(H,24,28)(H,25,27)/p+1. The third-order valence-electron chi connectivity index (χ3n) is 6.01. The molecule has 3 heterocycles. The van der Waals surface area contributed by atoms with Crippen LogP contribution in [0.5, 0.6) is 0 Å². The third-order valence-corrected chi connectivity index (χ3v) is 7.24. The van der Waals surface area contributed by atoms with E-state index in [4.69, 9.17) is 16.3 Å². The molecule has 3 unspecified atom stereocenters. The zero-order valence-electron chi connectivity index (χ0n) is 17.2. The zero-order chi connectivity index (χ0) is 21.3. The molecule has 30 heavy (non-hydrogen) atoms. The number of carbonyl (C=O) groups excluding carboxylic acids is 2. The fourth-order valence-electron chi connectivity index (χ4n) is 4.33. The Kier molecular flexibility index (Phi) is 6.16. The molecule has 1 aromatic carbocycles. The number of nitrogens with one attached hydrogen (secondary N) is 3. The number of anilines is 1. The minimum atomic E-state index is -1.09. The van der Waals surface area contributed by atoms with Crippen LogP contribution in [0.1, 0.15) is 40.1 Å². The van der Waals surface area contributed by atoms with Crippen molar-refractivity contribution in [2.24, 2.45) is 0 Å². The Labute approximate surface area is 185 Å². The van der Waals surface area contributed by atoms with Crippen LogP contribution < -0.4 is 15.5 Å². The first-order chi connectivity index (χ1) is 14.4. The Bertz CT molecular complexity index is 955. The van der Waals surface area contributed by atoms with Gasteiger partial charge in [-0.3, -0.25) is 9.59 Å². The van der Waals surface area contributed by atoms with Gasteiger partial charge in [0.05, 0.1) is 36.0 Å². The maximum Gasteiger partial charge on any atom is 0.262 e. The third kappa shape index (κ3) is 4.39. The molecule has 6 nitrogen and oxygen atoms in total. The molecule has 1 fully saturated rings. The molecule has 0 spiro atoms. The van der Waals surface area contributed by atoms with Gasteiger partial charge in [0.1, 0.15) is 5.54 Å². The molecule has 1 saturated heterocycles. The highest BCUT2D eigenvalue weighted by atomic mass is 35.5. The second-order valence-corrected chi connectivity index (χ2v) is 10.1. The predicted octanol–water partition coefficient (Wildman–Crippen LogP) is 2.10. The first-order valence-corrected chi connectivity index (χ1v) is 11.5. The Balaban J connectivity index is 1.52. The Hall–Kier alpha value is -1.93. The molecule has 160 valence electrons. The SMILES string of the molecule is CC1C[NH+](C)CCc2cc(NC(=O)C3(NC(=O)c4ccc(Cl)s4)CCOC3)ccc21. The normalized spacial score (nSPS) is 26.0. The summed E-state index contributed by atoms with van der Waals surface area (Å²) in [5.74, 6) is -0.0755. The monoisotopic (exact) mass is 448 g/mol. The number of ether oxygens (including phenoxy) is 1. The molecule has 0 saturated carbocycles. The van der Waals surface area contributed by atoms with E-state index in [-0.39, 0.29) is 18.4 Å². The largest absolute Gasteiger partial charge is 0.378 e. The second kappa shape index (κ2) is 8.67. The smallest absolute Gasteiger partial charge is 0.262 e. The molecule has 2 aliphatic rings. The number of quaternary nitrogens is 1. The molecule has 3 atom stereocenters. The lowest BCUT2D eigenvalue weighted by molar-refractivity contribution is -0.880. The minimum absolute atomic E-state index is 0.153. The highest BCUT2D eigenvalue weighted by molar-refractivity contribution is 7.18. The second-order valence-electron chi connectivity index (χ2n) is 8.37. The Morgan fingerprint density at radius 2 is 2.13 bits per heavy atom. The molecule has 0 bridgehead atoms. The van der Waals surface area contributed by atoms with Crippen LogP contribution in [0.15, 0.2) is 30.3 Å². The van der Waals surface area contributed by atoms with E-state index in [1.54, 1.807) is 12.1 Å². The van der Waals surface area contributed by atoms with Crippen molar-refractivity contribution in [3.8, 4) is 0 Å². The lowest BCUT2D eigenvalue weighted by atomic mass is 9.94. The Morgan fingerprint density at radius 1 is 1.30 bits per heavy atom. The lowest BCUT2D eigenvalue weighted by Crippen LogP contribution is -3.09.